The Kier molecular flexibility index (Phi) is 7.81. The summed E-state index contributed by atoms with van der Waals surface area (Å²) in [6.45, 7) is 5.97. The Labute approximate surface area is 171 Å². The number of piperidine rings is 1. The van der Waals surface area contributed by atoms with Crippen LogP contribution < -0.4 is 15.8 Å². The first kappa shape index (κ1) is 21.0. The lowest BCUT2D eigenvalue weighted by molar-refractivity contribution is -0.125. The molecule has 1 aromatic heterocycles. The van der Waals surface area contributed by atoms with Crippen molar-refractivity contribution in [1.29, 1.82) is 0 Å². The molecule has 1 aliphatic rings. The molecule has 0 unspecified atom stereocenters. The van der Waals surface area contributed by atoms with Crippen molar-refractivity contribution >= 4 is 11.6 Å². The molecule has 7 heteroatoms. The minimum atomic E-state index is -0.111. The van der Waals surface area contributed by atoms with E-state index in [4.69, 9.17) is 4.74 Å². The van der Waals surface area contributed by atoms with Gasteiger partial charge in [0.05, 0.1) is 18.4 Å². The van der Waals surface area contributed by atoms with Crippen molar-refractivity contribution in [2.45, 2.75) is 32.7 Å². The summed E-state index contributed by atoms with van der Waals surface area (Å²) in [5.74, 6) is 0.155. The van der Waals surface area contributed by atoms with E-state index in [9.17, 15) is 9.59 Å². The van der Waals surface area contributed by atoms with Gasteiger partial charge in [0.15, 0.2) is 0 Å². The molecule has 1 aliphatic heterocycles. The minimum Gasteiger partial charge on any atom is -0.382 e. The normalized spacial score (nSPS) is 14.7. The third kappa shape index (κ3) is 6.15. The molecule has 0 saturated carbocycles. The summed E-state index contributed by atoms with van der Waals surface area (Å²) >= 11 is 0. The zero-order valence-corrected chi connectivity index (χ0v) is 17.0. The molecule has 29 heavy (non-hydrogen) atoms. The first-order valence-electron chi connectivity index (χ1n) is 10.4. The highest BCUT2D eigenvalue weighted by molar-refractivity contribution is 5.78. The second kappa shape index (κ2) is 10.8. The van der Waals surface area contributed by atoms with Crippen LogP contribution in [0.15, 0.2) is 47.4 Å². The van der Waals surface area contributed by atoms with E-state index in [-0.39, 0.29) is 17.4 Å². The Morgan fingerprint density at radius 3 is 2.69 bits per heavy atom. The van der Waals surface area contributed by atoms with Gasteiger partial charge in [0.1, 0.15) is 0 Å². The maximum Gasteiger partial charge on any atom is 0.269 e. The predicted molar refractivity (Wildman–Crippen MR) is 113 cm³/mol. The van der Waals surface area contributed by atoms with Crippen LogP contribution in [-0.2, 0) is 16.1 Å². The molecule has 3 rings (SSSR count). The van der Waals surface area contributed by atoms with Crippen LogP contribution in [0.5, 0.6) is 0 Å². The molecule has 1 N–H and O–H groups in total. The highest BCUT2D eigenvalue weighted by atomic mass is 16.5. The number of hydrogen-bond donors (Lipinski definition) is 1. The van der Waals surface area contributed by atoms with Crippen LogP contribution in [0.1, 0.15) is 31.7 Å². The van der Waals surface area contributed by atoms with E-state index in [1.54, 1.807) is 12.3 Å². The number of nitrogens with one attached hydrogen (secondary N) is 1. The Morgan fingerprint density at radius 2 is 2.00 bits per heavy atom. The fourth-order valence-electron chi connectivity index (χ4n) is 3.55. The van der Waals surface area contributed by atoms with Gasteiger partial charge in [-0.3, -0.25) is 9.59 Å². The number of carbonyl (C=O) groups is 1. The van der Waals surface area contributed by atoms with Gasteiger partial charge < -0.3 is 15.0 Å². The summed E-state index contributed by atoms with van der Waals surface area (Å²) in [6.07, 6.45) is 4.15. The van der Waals surface area contributed by atoms with Gasteiger partial charge in [-0.1, -0.05) is 30.3 Å². The number of aromatic nitrogens is 2. The molecular formula is C22H30N4O3. The quantitative estimate of drug-likeness (QED) is 0.654. The van der Waals surface area contributed by atoms with Crippen molar-refractivity contribution in [2.24, 2.45) is 5.92 Å². The Hall–Kier alpha value is -2.67. The summed E-state index contributed by atoms with van der Waals surface area (Å²) in [4.78, 5) is 26.9. The largest absolute Gasteiger partial charge is 0.382 e. The van der Waals surface area contributed by atoms with Gasteiger partial charge in [0.25, 0.3) is 5.56 Å². The number of amides is 1. The summed E-state index contributed by atoms with van der Waals surface area (Å²) in [5, 5.41) is 7.34. The molecule has 1 fully saturated rings. The molecule has 0 atom stereocenters. The first-order valence-corrected chi connectivity index (χ1v) is 10.4. The molecule has 0 bridgehead atoms. The Morgan fingerprint density at radius 1 is 1.24 bits per heavy atom. The maximum absolute atomic E-state index is 12.5. The van der Waals surface area contributed by atoms with Crippen molar-refractivity contribution in [3.05, 3.63) is 58.5 Å². The molecule has 0 aliphatic carbocycles. The molecular weight excluding hydrogens is 368 g/mol. The summed E-state index contributed by atoms with van der Waals surface area (Å²) < 4.78 is 6.76. The second-order valence-corrected chi connectivity index (χ2v) is 7.30. The van der Waals surface area contributed by atoms with E-state index in [1.165, 1.54) is 4.68 Å². The first-order chi connectivity index (χ1) is 14.2. The highest BCUT2D eigenvalue weighted by Crippen LogP contribution is 2.22. The SMILES string of the molecule is CCOCCCNC(=O)C1CCN(c2cnn(Cc3ccccc3)c(=O)c2)CC1. The van der Waals surface area contributed by atoms with E-state index in [2.05, 4.69) is 15.3 Å². The number of carbonyl (C=O) groups excluding carboxylic acids is 1. The Balaban J connectivity index is 1.48. The van der Waals surface area contributed by atoms with E-state index < -0.39 is 0 Å². The molecule has 0 spiro atoms. The molecule has 2 aromatic rings. The molecule has 2 heterocycles. The maximum atomic E-state index is 12.5. The summed E-state index contributed by atoms with van der Waals surface area (Å²) in [5.41, 5.74) is 1.76. The average Bonchev–Trinajstić information content (AvgIpc) is 2.76. The molecule has 0 radical (unpaired) electrons. The van der Waals surface area contributed by atoms with Crippen LogP contribution in [-0.4, -0.2) is 48.5 Å². The van der Waals surface area contributed by atoms with Crippen molar-refractivity contribution in [1.82, 2.24) is 15.1 Å². The van der Waals surface area contributed by atoms with Crippen LogP contribution >= 0.6 is 0 Å². The predicted octanol–water partition coefficient (Wildman–Crippen LogP) is 2.05. The van der Waals surface area contributed by atoms with E-state index in [1.807, 2.05) is 37.3 Å². The summed E-state index contributed by atoms with van der Waals surface area (Å²) in [6, 6.07) is 11.5. The second-order valence-electron chi connectivity index (χ2n) is 7.30. The zero-order valence-electron chi connectivity index (χ0n) is 17.0. The number of benzene rings is 1. The van der Waals surface area contributed by atoms with Crippen molar-refractivity contribution < 1.29 is 9.53 Å². The average molecular weight is 399 g/mol. The van der Waals surface area contributed by atoms with E-state index in [0.717, 1.165) is 43.6 Å². The highest BCUT2D eigenvalue weighted by Gasteiger charge is 2.25. The van der Waals surface area contributed by atoms with Gasteiger partial charge in [-0.15, -0.1) is 0 Å². The van der Waals surface area contributed by atoms with Gasteiger partial charge >= 0.3 is 0 Å². The van der Waals surface area contributed by atoms with Gasteiger partial charge in [-0.25, -0.2) is 4.68 Å². The monoisotopic (exact) mass is 398 g/mol. The smallest absolute Gasteiger partial charge is 0.269 e. The minimum absolute atomic E-state index is 0.0322. The number of ether oxygens (including phenoxy) is 1. The Bertz CT molecular complexity index is 829. The van der Waals surface area contributed by atoms with Gasteiger partial charge in [-0.2, -0.15) is 5.10 Å². The fraction of sp³-hybridized carbons (Fsp3) is 0.500. The van der Waals surface area contributed by atoms with Crippen LogP contribution in [0.2, 0.25) is 0 Å². The van der Waals surface area contributed by atoms with E-state index >= 15 is 0 Å². The molecule has 1 aromatic carbocycles. The summed E-state index contributed by atoms with van der Waals surface area (Å²) in [7, 11) is 0. The third-order valence-corrected chi connectivity index (χ3v) is 5.23. The molecule has 7 nitrogen and oxygen atoms in total. The molecule has 1 amide bonds. The van der Waals surface area contributed by atoms with Crippen molar-refractivity contribution in [2.75, 3.05) is 37.7 Å². The number of rotatable bonds is 9. The van der Waals surface area contributed by atoms with Crippen LogP contribution in [0.3, 0.4) is 0 Å². The van der Waals surface area contributed by atoms with Gasteiger partial charge in [0, 0.05) is 44.8 Å². The van der Waals surface area contributed by atoms with Crippen LogP contribution in [0, 0.1) is 5.92 Å². The standard InChI is InChI=1S/C22H30N4O3/c1-2-29-14-6-11-23-22(28)19-9-12-25(13-10-19)20-15-21(27)26(24-16-20)17-18-7-4-3-5-8-18/h3-5,7-8,15-16,19H,2,6,9-14,17H2,1H3,(H,23,28). The van der Waals surface area contributed by atoms with Crippen molar-refractivity contribution in [3.63, 3.8) is 0 Å². The lowest BCUT2D eigenvalue weighted by Crippen LogP contribution is -2.41. The number of hydrogen-bond acceptors (Lipinski definition) is 5. The van der Waals surface area contributed by atoms with Gasteiger partial charge in [0.2, 0.25) is 5.91 Å². The lowest BCUT2D eigenvalue weighted by atomic mass is 9.95. The van der Waals surface area contributed by atoms with Gasteiger partial charge in [-0.05, 0) is 31.7 Å². The zero-order chi connectivity index (χ0) is 20.5. The molecule has 1 saturated heterocycles. The van der Waals surface area contributed by atoms with Crippen molar-refractivity contribution in [3.8, 4) is 0 Å². The third-order valence-electron chi connectivity index (χ3n) is 5.23. The lowest BCUT2D eigenvalue weighted by Gasteiger charge is -2.32. The van der Waals surface area contributed by atoms with Crippen LogP contribution in [0.25, 0.3) is 0 Å². The topological polar surface area (TPSA) is 76.5 Å². The number of nitrogens with zero attached hydrogens (tertiary/aromatic N) is 3. The fourth-order valence-corrected chi connectivity index (χ4v) is 3.55. The number of anilines is 1. The molecule has 156 valence electrons. The van der Waals surface area contributed by atoms with Crippen LogP contribution in [0.4, 0.5) is 5.69 Å². The van der Waals surface area contributed by atoms with E-state index in [0.29, 0.717) is 26.3 Å².